The molecule has 1 N–H and O–H groups in total. The van der Waals surface area contributed by atoms with Crippen LogP contribution in [0.1, 0.15) is 12.8 Å². The number of carbonyl (C=O) groups excluding carboxylic acids is 2. The molecule has 1 amide bonds. The Morgan fingerprint density at radius 3 is 2.23 bits per heavy atom. The number of hydrogen-bond acceptors (Lipinski definition) is 6. The molecule has 2 aromatic rings. The maximum atomic E-state index is 12.8. The molecule has 0 bridgehead atoms. The van der Waals surface area contributed by atoms with Crippen LogP contribution < -0.4 is 20.0 Å². The first-order valence-corrected chi connectivity index (χ1v) is 10.1. The number of rotatable bonds is 6. The molecule has 1 aliphatic rings. The van der Waals surface area contributed by atoms with E-state index in [1.807, 2.05) is 79.3 Å². The molecule has 7 nitrogen and oxygen atoms in total. The van der Waals surface area contributed by atoms with Crippen LogP contribution in [-0.2, 0) is 9.59 Å². The van der Waals surface area contributed by atoms with E-state index in [1.165, 1.54) is 0 Å². The third kappa shape index (κ3) is 4.49. The van der Waals surface area contributed by atoms with Crippen molar-refractivity contribution in [1.82, 2.24) is 0 Å². The lowest BCUT2D eigenvalue weighted by Gasteiger charge is -2.20. The minimum absolute atomic E-state index is 0.0331. The molecule has 3 rings (SSSR count). The third-order valence-corrected chi connectivity index (χ3v) is 5.38. The number of hydrogen-bond donors (Lipinski definition) is 1. The number of carbonyl (C=O) groups is 2. The fourth-order valence-electron chi connectivity index (χ4n) is 3.62. The van der Waals surface area contributed by atoms with Crippen molar-refractivity contribution in [2.45, 2.75) is 12.8 Å². The van der Waals surface area contributed by atoms with Gasteiger partial charge in [-0.3, -0.25) is 9.59 Å². The summed E-state index contributed by atoms with van der Waals surface area (Å²) in [5.41, 5.74) is 3.23. The quantitative estimate of drug-likeness (QED) is 0.543. The number of nitriles is 1. The molecular weight excluding hydrogens is 414 g/mol. The molecule has 2 aromatic carbocycles. The number of ketones is 1. The normalized spacial score (nSPS) is 12.3. The Balaban J connectivity index is 1.74. The number of allylic oxidation sites excluding steroid dienone is 1. The van der Waals surface area contributed by atoms with E-state index in [1.54, 1.807) is 12.1 Å². The number of anilines is 4. The van der Waals surface area contributed by atoms with E-state index in [4.69, 9.17) is 11.6 Å². The number of nitrogens with one attached hydrogen (secondary N) is 1. The number of fused-ring (bicyclic) bond motifs is 1. The lowest BCUT2D eigenvalue weighted by Crippen LogP contribution is -2.26. The van der Waals surface area contributed by atoms with Crippen molar-refractivity contribution >= 4 is 46.0 Å². The van der Waals surface area contributed by atoms with Gasteiger partial charge in [0.15, 0.2) is 5.78 Å². The van der Waals surface area contributed by atoms with Crippen LogP contribution in [0.15, 0.2) is 53.9 Å². The van der Waals surface area contributed by atoms with E-state index < -0.39 is 0 Å². The highest BCUT2D eigenvalue weighted by molar-refractivity contribution is 6.31. The molecule has 0 aromatic heterocycles. The summed E-state index contributed by atoms with van der Waals surface area (Å²) in [6.45, 7) is 0. The largest absolute Gasteiger partial charge is 0.376 e. The minimum atomic E-state index is -0.377. The summed E-state index contributed by atoms with van der Waals surface area (Å²) < 4.78 is 0. The van der Waals surface area contributed by atoms with Crippen LogP contribution in [0, 0.1) is 11.3 Å². The number of benzene rings is 2. The molecule has 160 valence electrons. The van der Waals surface area contributed by atoms with E-state index in [0.29, 0.717) is 16.5 Å². The zero-order valence-electron chi connectivity index (χ0n) is 17.9. The Morgan fingerprint density at radius 1 is 1.06 bits per heavy atom. The van der Waals surface area contributed by atoms with Crippen LogP contribution in [-0.4, -0.2) is 39.9 Å². The number of amides is 1. The van der Waals surface area contributed by atoms with Gasteiger partial charge >= 0.3 is 0 Å². The van der Waals surface area contributed by atoms with E-state index in [-0.39, 0.29) is 30.1 Å². The standard InChI is InChI=1S/C23H24ClN5O2/c1-27(2)18-10-9-15(24)13-17(18)26-22(31)12-11-21(30)16(14-25)23-28(3)19-7-5-6-8-20(19)29(23)4/h5-10,13H,11-12H2,1-4H3,(H,26,31). The van der Waals surface area contributed by atoms with Gasteiger partial charge in [0.25, 0.3) is 0 Å². The van der Waals surface area contributed by atoms with E-state index >= 15 is 0 Å². The molecule has 8 heteroatoms. The molecular formula is C23H24ClN5O2. The van der Waals surface area contributed by atoms with Gasteiger partial charge in [0.1, 0.15) is 17.5 Å². The van der Waals surface area contributed by atoms with Crippen molar-refractivity contribution < 1.29 is 9.59 Å². The molecule has 1 aliphatic heterocycles. The molecule has 0 fully saturated rings. The molecule has 0 saturated heterocycles. The van der Waals surface area contributed by atoms with Gasteiger partial charge in [-0.25, -0.2) is 0 Å². The van der Waals surface area contributed by atoms with E-state index in [0.717, 1.165) is 17.1 Å². The monoisotopic (exact) mass is 437 g/mol. The molecule has 0 saturated carbocycles. The first kappa shape index (κ1) is 22.2. The van der Waals surface area contributed by atoms with Gasteiger partial charge < -0.3 is 20.0 Å². The van der Waals surface area contributed by atoms with Crippen molar-refractivity contribution in [3.63, 3.8) is 0 Å². The second-order valence-corrected chi connectivity index (χ2v) is 7.88. The first-order valence-electron chi connectivity index (χ1n) is 9.75. The maximum absolute atomic E-state index is 12.8. The van der Waals surface area contributed by atoms with Crippen LogP contribution >= 0.6 is 11.6 Å². The Bertz CT molecular complexity index is 1070. The van der Waals surface area contributed by atoms with E-state index in [2.05, 4.69) is 5.32 Å². The Morgan fingerprint density at radius 2 is 1.68 bits per heavy atom. The zero-order valence-corrected chi connectivity index (χ0v) is 18.7. The van der Waals surface area contributed by atoms with Gasteiger partial charge in [0.05, 0.1) is 22.7 Å². The Hall–Kier alpha value is -3.50. The van der Waals surface area contributed by atoms with Gasteiger partial charge in [-0.05, 0) is 30.3 Å². The summed E-state index contributed by atoms with van der Waals surface area (Å²) in [7, 11) is 7.36. The second kappa shape index (κ2) is 9.11. The van der Waals surface area contributed by atoms with E-state index in [9.17, 15) is 14.9 Å². The van der Waals surface area contributed by atoms with Gasteiger partial charge in [-0.15, -0.1) is 0 Å². The highest BCUT2D eigenvalue weighted by Crippen LogP contribution is 2.40. The predicted molar refractivity (Wildman–Crippen MR) is 125 cm³/mol. The molecule has 31 heavy (non-hydrogen) atoms. The van der Waals surface area contributed by atoms with Crippen LogP contribution in [0.25, 0.3) is 0 Å². The average molecular weight is 438 g/mol. The van der Waals surface area contributed by atoms with Gasteiger partial charge in [0, 0.05) is 46.1 Å². The highest BCUT2D eigenvalue weighted by atomic mass is 35.5. The summed E-state index contributed by atoms with van der Waals surface area (Å²) in [6.07, 6.45) is -0.120. The molecule has 0 unspecified atom stereocenters. The fourth-order valence-corrected chi connectivity index (χ4v) is 3.79. The smallest absolute Gasteiger partial charge is 0.224 e. The Labute approximate surface area is 187 Å². The summed E-state index contributed by atoms with van der Waals surface area (Å²) in [5.74, 6) is -0.186. The van der Waals surface area contributed by atoms with Gasteiger partial charge in [-0.1, -0.05) is 23.7 Å². The maximum Gasteiger partial charge on any atom is 0.224 e. The second-order valence-electron chi connectivity index (χ2n) is 7.44. The van der Waals surface area contributed by atoms with Crippen molar-refractivity contribution in [3.05, 3.63) is 58.9 Å². The van der Waals surface area contributed by atoms with Crippen LogP contribution in [0.3, 0.4) is 0 Å². The van der Waals surface area contributed by atoms with Gasteiger partial charge in [0.2, 0.25) is 5.91 Å². The third-order valence-electron chi connectivity index (χ3n) is 5.15. The number of para-hydroxylation sites is 2. The number of halogens is 1. The predicted octanol–water partition coefficient (Wildman–Crippen LogP) is 4.02. The molecule has 1 heterocycles. The Kier molecular flexibility index (Phi) is 6.52. The number of nitrogens with zero attached hydrogens (tertiary/aromatic N) is 4. The summed E-state index contributed by atoms with van der Waals surface area (Å²) in [4.78, 5) is 30.8. The summed E-state index contributed by atoms with van der Waals surface area (Å²) in [5, 5.41) is 13.0. The highest BCUT2D eigenvalue weighted by Gasteiger charge is 2.31. The lowest BCUT2D eigenvalue weighted by atomic mass is 10.1. The van der Waals surface area contributed by atoms with Crippen molar-refractivity contribution in [1.29, 1.82) is 5.26 Å². The average Bonchev–Trinajstić information content (AvgIpc) is 2.98. The SMILES string of the molecule is CN(C)c1ccc(Cl)cc1NC(=O)CCC(=O)C(C#N)=C1N(C)c2ccccc2N1C. The fraction of sp³-hybridized carbons (Fsp3) is 0.261. The van der Waals surface area contributed by atoms with Gasteiger partial charge in [-0.2, -0.15) is 5.26 Å². The van der Waals surface area contributed by atoms with Crippen LogP contribution in [0.2, 0.25) is 5.02 Å². The zero-order chi connectivity index (χ0) is 22.7. The number of Topliss-reactive ketones (excluding diaryl/α,β-unsaturated/α-hetero) is 1. The van der Waals surface area contributed by atoms with Crippen LogP contribution in [0.5, 0.6) is 0 Å². The van der Waals surface area contributed by atoms with Crippen molar-refractivity contribution in [2.75, 3.05) is 48.2 Å². The minimum Gasteiger partial charge on any atom is -0.376 e. The molecule has 0 atom stereocenters. The topological polar surface area (TPSA) is 79.7 Å². The van der Waals surface area contributed by atoms with Crippen LogP contribution in [0.4, 0.5) is 22.7 Å². The lowest BCUT2D eigenvalue weighted by molar-refractivity contribution is -0.120. The first-order chi connectivity index (χ1) is 14.7. The molecule has 0 spiro atoms. The summed E-state index contributed by atoms with van der Waals surface area (Å²) in [6, 6.07) is 14.9. The molecule has 0 radical (unpaired) electrons. The summed E-state index contributed by atoms with van der Waals surface area (Å²) >= 11 is 6.06. The molecule has 0 aliphatic carbocycles. The van der Waals surface area contributed by atoms with Crippen molar-refractivity contribution in [3.8, 4) is 6.07 Å². The van der Waals surface area contributed by atoms with Crippen molar-refractivity contribution in [2.24, 2.45) is 0 Å².